The molecule has 0 spiro atoms. The first-order valence-electron chi connectivity index (χ1n) is 15.9. The molecular weight excluding hydrogens is 584 g/mol. The lowest BCUT2D eigenvalue weighted by Gasteiger charge is -2.30. The van der Waals surface area contributed by atoms with Crippen molar-refractivity contribution in [2.45, 2.75) is 97.9 Å². The smallest absolute Gasteiger partial charge is 0.227 e. The monoisotopic (exact) mass is 632 g/mol. The molecule has 1 aromatic heterocycles. The number of para-hydroxylation sites is 1. The quantitative estimate of drug-likeness (QED) is 0.235. The summed E-state index contributed by atoms with van der Waals surface area (Å²) in [5, 5.41) is 21.4. The Morgan fingerprint density at radius 3 is 2.30 bits per heavy atom. The number of amides is 3. The van der Waals surface area contributed by atoms with Gasteiger partial charge in [0.05, 0.1) is 23.5 Å². The number of nitrogens with one attached hydrogen (secondary N) is 1. The molecule has 2 aromatic carbocycles. The van der Waals surface area contributed by atoms with Gasteiger partial charge in [-0.1, -0.05) is 61.5 Å². The number of hydrogen-bond donors (Lipinski definition) is 3. The number of rotatable bonds is 14. The normalized spacial score (nSPS) is 13.2. The minimum Gasteiger partial charge on any atom is -0.396 e. The summed E-state index contributed by atoms with van der Waals surface area (Å²) in [4.78, 5) is 39.9. The Morgan fingerprint density at radius 2 is 1.61 bits per heavy atom. The summed E-state index contributed by atoms with van der Waals surface area (Å²) < 4.78 is 8.10. The number of fused-ring (bicyclic) bond motifs is 5. The van der Waals surface area contributed by atoms with Gasteiger partial charge in [0.1, 0.15) is 5.69 Å². The Balaban J connectivity index is 1.59. The van der Waals surface area contributed by atoms with Crippen LogP contribution in [0.1, 0.15) is 79.2 Å². The number of aliphatic hydroxyl groups is 1. The van der Waals surface area contributed by atoms with Crippen molar-refractivity contribution in [3.8, 4) is 22.5 Å². The summed E-state index contributed by atoms with van der Waals surface area (Å²) in [6.45, 7) is 12.6. The van der Waals surface area contributed by atoms with E-state index in [-0.39, 0.29) is 37.2 Å². The number of hydrogen-bond acceptors (Lipinski definition) is 7. The van der Waals surface area contributed by atoms with Crippen LogP contribution in [0.25, 0.3) is 22.5 Å². The molecule has 11 nitrogen and oxygen atoms in total. The number of carbonyl (C=O) groups is 3. The number of benzene rings is 2. The number of primary amides is 1. The number of anilines is 1. The molecule has 0 radical (unpaired) electrons. The van der Waals surface area contributed by atoms with Gasteiger partial charge in [-0.15, -0.1) is 5.10 Å². The highest BCUT2D eigenvalue weighted by Gasteiger charge is 2.31. The number of aryl methyl sites for hydroxylation is 1. The van der Waals surface area contributed by atoms with Crippen LogP contribution in [0.15, 0.2) is 48.5 Å². The molecule has 3 amide bonds. The van der Waals surface area contributed by atoms with Gasteiger partial charge in [-0.2, -0.15) is 0 Å². The highest BCUT2D eigenvalue weighted by Crippen LogP contribution is 2.41. The van der Waals surface area contributed by atoms with Crippen molar-refractivity contribution in [1.29, 1.82) is 0 Å². The van der Waals surface area contributed by atoms with Crippen LogP contribution >= 0.6 is 0 Å². The summed E-state index contributed by atoms with van der Waals surface area (Å²) in [6.07, 6.45) is 1.66. The maximum absolute atomic E-state index is 13.8. The van der Waals surface area contributed by atoms with Crippen molar-refractivity contribution < 1.29 is 24.2 Å². The largest absolute Gasteiger partial charge is 0.396 e. The third-order valence-corrected chi connectivity index (χ3v) is 8.68. The molecule has 0 saturated heterocycles. The van der Waals surface area contributed by atoms with Crippen LogP contribution in [0, 0.1) is 5.41 Å². The first kappa shape index (κ1) is 34.8. The number of aliphatic hydroxyl groups excluding tert-OH is 1. The molecule has 3 aromatic rings. The lowest BCUT2D eigenvalue weighted by Crippen LogP contribution is -2.44. The zero-order valence-electron chi connectivity index (χ0n) is 27.9. The van der Waals surface area contributed by atoms with Crippen LogP contribution in [0.5, 0.6) is 0 Å². The number of carbonyl (C=O) groups excluding carboxylic acids is 3. The van der Waals surface area contributed by atoms with E-state index in [2.05, 4.69) is 15.6 Å². The molecule has 0 fully saturated rings. The summed E-state index contributed by atoms with van der Waals surface area (Å²) in [7, 11) is 0. The van der Waals surface area contributed by atoms with Gasteiger partial charge >= 0.3 is 0 Å². The van der Waals surface area contributed by atoms with Crippen LogP contribution in [0.2, 0.25) is 0 Å². The zero-order valence-corrected chi connectivity index (χ0v) is 27.9. The summed E-state index contributed by atoms with van der Waals surface area (Å²) >= 11 is 0. The van der Waals surface area contributed by atoms with Crippen molar-refractivity contribution in [2.75, 3.05) is 18.1 Å². The van der Waals surface area contributed by atoms with Gasteiger partial charge in [-0.25, -0.2) is 4.68 Å². The fraction of sp³-hybridized carbons (Fsp3) is 0.514. The maximum Gasteiger partial charge on any atom is 0.227 e. The Hall–Kier alpha value is -4.09. The van der Waals surface area contributed by atoms with Crippen LogP contribution in [0.3, 0.4) is 0 Å². The van der Waals surface area contributed by atoms with Crippen molar-refractivity contribution >= 4 is 23.4 Å². The predicted octanol–water partition coefficient (Wildman–Crippen LogP) is 4.60. The lowest BCUT2D eigenvalue weighted by atomic mass is 9.89. The van der Waals surface area contributed by atoms with Gasteiger partial charge in [-0.3, -0.25) is 14.4 Å². The van der Waals surface area contributed by atoms with E-state index >= 15 is 0 Å². The van der Waals surface area contributed by atoms with Gasteiger partial charge in [0.2, 0.25) is 17.7 Å². The van der Waals surface area contributed by atoms with Crippen LogP contribution in [-0.2, 0) is 32.2 Å². The van der Waals surface area contributed by atoms with E-state index in [1.165, 1.54) is 0 Å². The van der Waals surface area contributed by atoms with E-state index in [0.717, 1.165) is 22.4 Å². The molecule has 0 saturated carbocycles. The highest BCUT2D eigenvalue weighted by atomic mass is 16.5. The minimum atomic E-state index is -0.645. The second kappa shape index (κ2) is 14.1. The van der Waals surface area contributed by atoms with E-state index in [4.69, 9.17) is 10.5 Å². The number of nitrogens with two attached hydrogens (primary N) is 1. The average Bonchev–Trinajstić information content (AvgIpc) is 3.39. The molecular formula is C35H48N6O5. The van der Waals surface area contributed by atoms with Gasteiger partial charge in [-0.05, 0) is 58.6 Å². The van der Waals surface area contributed by atoms with Crippen molar-refractivity contribution in [2.24, 2.45) is 11.1 Å². The molecule has 248 valence electrons. The number of nitrogens with zero attached hydrogens (tertiary/aromatic N) is 4. The lowest BCUT2D eigenvalue weighted by molar-refractivity contribution is -0.128. The minimum absolute atomic E-state index is 0.0305. The third kappa shape index (κ3) is 8.38. The van der Waals surface area contributed by atoms with Crippen molar-refractivity contribution in [1.82, 2.24) is 20.3 Å². The average molecular weight is 633 g/mol. The SMILES string of the molecule is CC(C)(CCO)NC(=O)CCC(=O)N1Cc2ccccc2-c2c(nnn2CCC(C)(C)OCCC(C)(C)C(N)=O)-c2ccccc21. The van der Waals surface area contributed by atoms with Crippen LogP contribution in [-0.4, -0.2) is 62.2 Å². The Morgan fingerprint density at radius 1 is 0.935 bits per heavy atom. The molecule has 46 heavy (non-hydrogen) atoms. The Kier molecular flexibility index (Phi) is 10.7. The fourth-order valence-corrected chi connectivity index (χ4v) is 5.48. The molecule has 1 aliphatic heterocycles. The van der Waals surface area contributed by atoms with Crippen molar-refractivity contribution in [3.63, 3.8) is 0 Å². The van der Waals surface area contributed by atoms with Gasteiger partial charge in [0.25, 0.3) is 0 Å². The fourth-order valence-electron chi connectivity index (χ4n) is 5.48. The molecule has 4 N–H and O–H groups in total. The Labute approximate surface area is 271 Å². The first-order chi connectivity index (χ1) is 21.6. The first-order valence-corrected chi connectivity index (χ1v) is 15.9. The van der Waals surface area contributed by atoms with Gasteiger partial charge in [0, 0.05) is 54.7 Å². The Bertz CT molecular complexity index is 1560. The maximum atomic E-state index is 13.8. The topological polar surface area (TPSA) is 153 Å². The van der Waals surface area contributed by atoms with Crippen LogP contribution < -0.4 is 16.0 Å². The second-order valence-electron chi connectivity index (χ2n) is 13.9. The molecule has 0 aliphatic carbocycles. The number of aromatic nitrogens is 3. The molecule has 11 heteroatoms. The van der Waals surface area contributed by atoms with E-state index in [1.54, 1.807) is 4.90 Å². The van der Waals surface area contributed by atoms with E-state index in [1.807, 2.05) is 94.8 Å². The third-order valence-electron chi connectivity index (χ3n) is 8.68. The second-order valence-corrected chi connectivity index (χ2v) is 13.9. The highest BCUT2D eigenvalue weighted by molar-refractivity contribution is 6.01. The molecule has 4 rings (SSSR count). The molecule has 0 unspecified atom stereocenters. The molecule has 2 heterocycles. The van der Waals surface area contributed by atoms with Crippen LogP contribution in [0.4, 0.5) is 5.69 Å². The standard InChI is InChI=1S/C35H48N6O5/c1-33(2,32(36)45)19-22-46-35(5,6)17-20-41-31-25-12-8-7-11-24(25)23-40(27-14-10-9-13-26(27)30(31)38-39-41)29(44)16-15-28(43)37-34(3,4)18-21-42/h7-14,42H,15-23H2,1-6H3,(H2,36,45)(H,37,43). The van der Waals surface area contributed by atoms with E-state index in [9.17, 15) is 19.5 Å². The number of ether oxygens (including phenoxy) is 1. The summed E-state index contributed by atoms with van der Waals surface area (Å²) in [5.41, 5.74) is 8.72. The van der Waals surface area contributed by atoms with Gasteiger partial charge in [0.15, 0.2) is 0 Å². The molecule has 0 atom stereocenters. The summed E-state index contributed by atoms with van der Waals surface area (Å²) in [6, 6.07) is 15.6. The van der Waals surface area contributed by atoms with E-state index < -0.39 is 16.6 Å². The van der Waals surface area contributed by atoms with Crippen molar-refractivity contribution in [3.05, 3.63) is 54.1 Å². The summed E-state index contributed by atoms with van der Waals surface area (Å²) in [5.74, 6) is -0.758. The molecule has 1 aliphatic rings. The predicted molar refractivity (Wildman–Crippen MR) is 177 cm³/mol. The zero-order chi connectivity index (χ0) is 33.7. The van der Waals surface area contributed by atoms with Gasteiger partial charge < -0.3 is 25.8 Å². The van der Waals surface area contributed by atoms with E-state index in [0.29, 0.717) is 50.3 Å². The molecule has 0 bridgehead atoms.